The van der Waals surface area contributed by atoms with E-state index in [1.807, 2.05) is 13.2 Å². The highest BCUT2D eigenvalue weighted by Crippen LogP contribution is 2.35. The first-order valence-electron chi connectivity index (χ1n) is 6.66. The number of hydrogen-bond acceptors (Lipinski definition) is 3. The Labute approximate surface area is 121 Å². The molecule has 0 aliphatic heterocycles. The van der Waals surface area contributed by atoms with Crippen LogP contribution in [0.5, 0.6) is 0 Å². The van der Waals surface area contributed by atoms with Crippen molar-refractivity contribution in [1.29, 1.82) is 0 Å². The topological polar surface area (TPSA) is 54.9 Å². The molecule has 1 aliphatic carbocycles. The molecule has 0 amide bonds. The van der Waals surface area contributed by atoms with Gasteiger partial charge in [0.1, 0.15) is 5.15 Å². The summed E-state index contributed by atoms with van der Waals surface area (Å²) in [6, 6.07) is -0.000812. The Morgan fingerprint density at radius 1 is 1.42 bits per heavy atom. The number of thioether (sulfide) groups is 1. The van der Waals surface area contributed by atoms with Crippen molar-refractivity contribution in [2.24, 2.45) is 0 Å². The fraction of sp³-hybridized carbons (Fsp3) is 0.692. The predicted molar refractivity (Wildman–Crippen MR) is 80.5 cm³/mol. The molecular weight excluding hydrogens is 284 g/mol. The minimum atomic E-state index is -0.374. The van der Waals surface area contributed by atoms with E-state index in [9.17, 15) is 9.59 Å². The first-order valence-corrected chi connectivity index (χ1v) is 8.32. The summed E-state index contributed by atoms with van der Waals surface area (Å²) in [7, 11) is 0. The molecular formula is C13H19ClN2O2S. The number of nitrogens with zero attached hydrogens (tertiary/aromatic N) is 1. The normalized spacial score (nSPS) is 22.9. The van der Waals surface area contributed by atoms with Gasteiger partial charge < -0.3 is 0 Å². The van der Waals surface area contributed by atoms with Gasteiger partial charge in [-0.05, 0) is 25.5 Å². The molecule has 1 aromatic rings. The lowest BCUT2D eigenvalue weighted by atomic mass is 10.2. The van der Waals surface area contributed by atoms with Gasteiger partial charge in [0.15, 0.2) is 0 Å². The highest BCUT2D eigenvalue weighted by Gasteiger charge is 2.31. The van der Waals surface area contributed by atoms with Crippen LogP contribution in [0.4, 0.5) is 0 Å². The fourth-order valence-corrected chi connectivity index (χ4v) is 4.04. The number of halogens is 1. The SMILES string of the molecule is CCCc1c(Cl)[nH]c(=O)n(C2CCCC2SC)c1=O. The van der Waals surface area contributed by atoms with Gasteiger partial charge in [0.05, 0.1) is 11.6 Å². The molecule has 1 fully saturated rings. The van der Waals surface area contributed by atoms with Crippen LogP contribution in [-0.2, 0) is 6.42 Å². The van der Waals surface area contributed by atoms with Gasteiger partial charge in [0.25, 0.3) is 5.56 Å². The van der Waals surface area contributed by atoms with E-state index in [1.165, 1.54) is 4.57 Å². The highest BCUT2D eigenvalue weighted by molar-refractivity contribution is 7.99. The largest absolute Gasteiger partial charge is 0.329 e. The van der Waals surface area contributed by atoms with Gasteiger partial charge in [-0.25, -0.2) is 4.79 Å². The van der Waals surface area contributed by atoms with E-state index in [2.05, 4.69) is 4.98 Å². The van der Waals surface area contributed by atoms with Crippen LogP contribution >= 0.6 is 23.4 Å². The molecule has 4 nitrogen and oxygen atoms in total. The highest BCUT2D eigenvalue weighted by atomic mass is 35.5. The summed E-state index contributed by atoms with van der Waals surface area (Å²) >= 11 is 7.72. The maximum absolute atomic E-state index is 12.5. The molecule has 106 valence electrons. The summed E-state index contributed by atoms with van der Waals surface area (Å²) in [6.07, 6.45) is 6.48. The van der Waals surface area contributed by atoms with Gasteiger partial charge in [-0.2, -0.15) is 11.8 Å². The second-order valence-electron chi connectivity index (χ2n) is 4.92. The molecule has 0 saturated heterocycles. The summed E-state index contributed by atoms with van der Waals surface area (Å²) in [4.78, 5) is 27.2. The third-order valence-corrected chi connectivity index (χ3v) is 5.21. The first kappa shape index (κ1) is 14.7. The van der Waals surface area contributed by atoms with Crippen LogP contribution in [-0.4, -0.2) is 21.1 Å². The molecule has 6 heteroatoms. The van der Waals surface area contributed by atoms with E-state index in [-0.39, 0.29) is 22.4 Å². The lowest BCUT2D eigenvalue weighted by Crippen LogP contribution is -2.41. The molecule has 2 rings (SSSR count). The number of aromatic amines is 1. The molecule has 1 saturated carbocycles. The Kier molecular flexibility index (Phi) is 4.79. The van der Waals surface area contributed by atoms with Gasteiger partial charge in [0.2, 0.25) is 0 Å². The number of H-pyrrole nitrogens is 1. The molecule has 0 spiro atoms. The Balaban J connectivity index is 2.54. The number of hydrogen-bond donors (Lipinski definition) is 1. The lowest BCUT2D eigenvalue weighted by molar-refractivity contribution is 0.483. The zero-order chi connectivity index (χ0) is 14.0. The van der Waals surface area contributed by atoms with Crippen LogP contribution in [0.2, 0.25) is 5.15 Å². The molecule has 0 aromatic carbocycles. The summed E-state index contributed by atoms with van der Waals surface area (Å²) in [5, 5.41) is 0.543. The van der Waals surface area contributed by atoms with Crippen LogP contribution in [0.15, 0.2) is 9.59 Å². The second-order valence-corrected chi connectivity index (χ2v) is 6.38. The van der Waals surface area contributed by atoms with E-state index in [0.717, 1.165) is 25.7 Å². The predicted octanol–water partition coefficient (Wildman–Crippen LogP) is 2.60. The van der Waals surface area contributed by atoms with Gasteiger partial charge in [-0.15, -0.1) is 0 Å². The average molecular weight is 303 g/mol. The second kappa shape index (κ2) is 6.18. The number of rotatable bonds is 4. The molecule has 2 atom stereocenters. The Bertz CT molecular complexity index is 567. The summed E-state index contributed by atoms with van der Waals surface area (Å²) in [6.45, 7) is 1.99. The molecule has 0 radical (unpaired) electrons. The maximum Gasteiger partial charge on any atom is 0.329 e. The summed E-state index contributed by atoms with van der Waals surface area (Å²) in [5.74, 6) is 0. The van der Waals surface area contributed by atoms with Gasteiger partial charge in [-0.1, -0.05) is 31.4 Å². The van der Waals surface area contributed by atoms with Crippen molar-refractivity contribution < 1.29 is 0 Å². The third-order valence-electron chi connectivity index (χ3n) is 3.73. The third kappa shape index (κ3) is 2.77. The summed E-state index contributed by atoms with van der Waals surface area (Å²) < 4.78 is 1.39. The molecule has 1 N–H and O–H groups in total. The van der Waals surface area contributed by atoms with Gasteiger partial charge in [0, 0.05) is 5.25 Å². The van der Waals surface area contributed by atoms with E-state index < -0.39 is 0 Å². The van der Waals surface area contributed by atoms with Crippen molar-refractivity contribution in [2.75, 3.05) is 6.26 Å². The molecule has 1 heterocycles. The molecule has 2 unspecified atom stereocenters. The van der Waals surface area contributed by atoms with E-state index in [4.69, 9.17) is 11.6 Å². The molecule has 1 aromatic heterocycles. The fourth-order valence-electron chi connectivity index (χ4n) is 2.81. The van der Waals surface area contributed by atoms with Crippen molar-refractivity contribution in [1.82, 2.24) is 9.55 Å². The van der Waals surface area contributed by atoms with Crippen LogP contribution in [0.1, 0.15) is 44.2 Å². The Hall–Kier alpha value is -0.680. The van der Waals surface area contributed by atoms with Crippen LogP contribution in [0.25, 0.3) is 0 Å². The van der Waals surface area contributed by atoms with Crippen molar-refractivity contribution in [3.63, 3.8) is 0 Å². The minimum absolute atomic E-state index is 0.000812. The van der Waals surface area contributed by atoms with Crippen molar-refractivity contribution in [2.45, 2.75) is 50.3 Å². The number of nitrogens with one attached hydrogen (secondary N) is 1. The Morgan fingerprint density at radius 2 is 2.16 bits per heavy atom. The first-order chi connectivity index (χ1) is 9.10. The zero-order valence-corrected chi connectivity index (χ0v) is 12.8. The van der Waals surface area contributed by atoms with Crippen LogP contribution < -0.4 is 11.2 Å². The molecule has 0 bridgehead atoms. The standard InChI is InChI=1S/C13H19ClN2O2S/c1-3-5-8-11(14)15-13(18)16(12(8)17)9-6-4-7-10(9)19-2/h9-10H,3-7H2,1-2H3,(H,15,18). The van der Waals surface area contributed by atoms with E-state index in [1.54, 1.807) is 11.8 Å². The molecule has 1 aliphatic rings. The minimum Gasteiger partial charge on any atom is -0.297 e. The van der Waals surface area contributed by atoms with Crippen molar-refractivity contribution in [3.05, 3.63) is 31.6 Å². The lowest BCUT2D eigenvalue weighted by Gasteiger charge is -2.20. The van der Waals surface area contributed by atoms with Gasteiger partial charge in [-0.3, -0.25) is 14.3 Å². The summed E-state index contributed by atoms with van der Waals surface area (Å²) in [5.41, 5.74) is -0.0436. The molecule has 19 heavy (non-hydrogen) atoms. The van der Waals surface area contributed by atoms with Crippen LogP contribution in [0, 0.1) is 0 Å². The zero-order valence-electron chi connectivity index (χ0n) is 11.2. The quantitative estimate of drug-likeness (QED) is 0.870. The monoisotopic (exact) mass is 302 g/mol. The average Bonchev–Trinajstić information content (AvgIpc) is 2.82. The smallest absolute Gasteiger partial charge is 0.297 e. The van der Waals surface area contributed by atoms with E-state index in [0.29, 0.717) is 17.2 Å². The van der Waals surface area contributed by atoms with Crippen LogP contribution in [0.3, 0.4) is 0 Å². The van der Waals surface area contributed by atoms with Crippen molar-refractivity contribution >= 4 is 23.4 Å². The number of aromatic nitrogens is 2. The Morgan fingerprint density at radius 3 is 2.79 bits per heavy atom. The van der Waals surface area contributed by atoms with Crippen molar-refractivity contribution in [3.8, 4) is 0 Å². The van der Waals surface area contributed by atoms with Gasteiger partial charge >= 0.3 is 5.69 Å². The maximum atomic E-state index is 12.5. The van der Waals surface area contributed by atoms with E-state index >= 15 is 0 Å².